The van der Waals surface area contributed by atoms with Gasteiger partial charge in [0.25, 0.3) is 0 Å². The maximum atomic E-state index is 12.8. The molecule has 0 bridgehead atoms. The Kier molecular flexibility index (Phi) is 6.02. The Bertz CT molecular complexity index is 470. The molecule has 0 aliphatic carbocycles. The summed E-state index contributed by atoms with van der Waals surface area (Å²) >= 11 is 0. The largest absolute Gasteiger partial charge is 0.480 e. The topological polar surface area (TPSA) is 87.2 Å². The van der Waals surface area contributed by atoms with Gasteiger partial charge in [0.1, 0.15) is 17.7 Å². The standard InChI is InChI=1S/C16H28N2O5/c1-10(2)12(17(6)15(22)23-16(3,4)5)13(19)18-9-7-8-11(18)14(20)21/h10-12H,7-9H2,1-6H3,(H,20,21)/t11-,12?/m0/s1. The van der Waals surface area contributed by atoms with Gasteiger partial charge in [-0.05, 0) is 39.5 Å². The summed E-state index contributed by atoms with van der Waals surface area (Å²) < 4.78 is 5.32. The summed E-state index contributed by atoms with van der Waals surface area (Å²) in [5.41, 5.74) is -0.660. The third kappa shape index (κ3) is 4.84. The van der Waals surface area contributed by atoms with Crippen molar-refractivity contribution in [1.29, 1.82) is 0 Å². The lowest BCUT2D eigenvalue weighted by molar-refractivity contribution is -0.150. The number of likely N-dealkylation sites (tertiary alicyclic amines) is 1. The molecule has 132 valence electrons. The van der Waals surface area contributed by atoms with Crippen molar-refractivity contribution < 1.29 is 24.2 Å². The van der Waals surface area contributed by atoms with Crippen LogP contribution in [0.2, 0.25) is 0 Å². The fourth-order valence-corrected chi connectivity index (χ4v) is 2.80. The normalized spacial score (nSPS) is 19.6. The molecule has 0 aromatic heterocycles. The van der Waals surface area contributed by atoms with Gasteiger partial charge in [0.15, 0.2) is 0 Å². The number of nitrogens with zero attached hydrogens (tertiary/aromatic N) is 2. The highest BCUT2D eigenvalue weighted by Gasteiger charge is 2.41. The molecule has 2 atom stereocenters. The average molecular weight is 328 g/mol. The van der Waals surface area contributed by atoms with Crippen LogP contribution in [0.3, 0.4) is 0 Å². The molecule has 1 saturated heterocycles. The minimum Gasteiger partial charge on any atom is -0.480 e. The Morgan fingerprint density at radius 1 is 1.26 bits per heavy atom. The third-order valence-corrected chi connectivity index (χ3v) is 3.80. The van der Waals surface area contributed by atoms with Gasteiger partial charge in [0.05, 0.1) is 0 Å². The van der Waals surface area contributed by atoms with E-state index in [1.807, 2.05) is 13.8 Å². The van der Waals surface area contributed by atoms with E-state index in [4.69, 9.17) is 4.74 Å². The molecular weight excluding hydrogens is 300 g/mol. The van der Waals surface area contributed by atoms with Crippen molar-refractivity contribution >= 4 is 18.0 Å². The molecule has 0 radical (unpaired) electrons. The number of rotatable bonds is 4. The third-order valence-electron chi connectivity index (χ3n) is 3.80. The van der Waals surface area contributed by atoms with Gasteiger partial charge in [-0.3, -0.25) is 9.69 Å². The number of likely N-dealkylation sites (N-methyl/N-ethyl adjacent to an activating group) is 1. The van der Waals surface area contributed by atoms with Gasteiger partial charge in [0.2, 0.25) is 5.91 Å². The van der Waals surface area contributed by atoms with Gasteiger partial charge < -0.3 is 14.7 Å². The highest BCUT2D eigenvalue weighted by Crippen LogP contribution is 2.23. The second-order valence-electron chi connectivity index (χ2n) is 7.31. The molecule has 1 N–H and O–H groups in total. The highest BCUT2D eigenvalue weighted by atomic mass is 16.6. The van der Waals surface area contributed by atoms with Gasteiger partial charge in [-0.15, -0.1) is 0 Å². The number of carbonyl (C=O) groups is 3. The van der Waals surface area contributed by atoms with Crippen molar-refractivity contribution in [2.75, 3.05) is 13.6 Å². The molecule has 1 rings (SSSR count). The molecule has 1 aliphatic rings. The summed E-state index contributed by atoms with van der Waals surface area (Å²) in [6.07, 6.45) is 0.516. The number of carboxylic acid groups (broad SMARTS) is 1. The summed E-state index contributed by atoms with van der Waals surface area (Å²) in [5.74, 6) is -1.49. The van der Waals surface area contributed by atoms with Crippen molar-refractivity contribution in [2.24, 2.45) is 5.92 Å². The summed E-state index contributed by atoms with van der Waals surface area (Å²) in [6.45, 7) is 9.33. The van der Waals surface area contributed by atoms with Crippen LogP contribution < -0.4 is 0 Å². The van der Waals surface area contributed by atoms with Gasteiger partial charge in [0, 0.05) is 13.6 Å². The molecule has 7 nitrogen and oxygen atoms in total. The zero-order chi connectivity index (χ0) is 17.9. The van der Waals surface area contributed by atoms with Crippen LogP contribution in [0.15, 0.2) is 0 Å². The lowest BCUT2D eigenvalue weighted by Gasteiger charge is -2.35. The molecule has 7 heteroatoms. The van der Waals surface area contributed by atoms with Gasteiger partial charge in [-0.2, -0.15) is 0 Å². The summed E-state index contributed by atoms with van der Waals surface area (Å²) in [7, 11) is 1.52. The van der Waals surface area contributed by atoms with E-state index in [1.165, 1.54) is 16.8 Å². The van der Waals surface area contributed by atoms with Crippen LogP contribution in [0.1, 0.15) is 47.5 Å². The summed E-state index contributed by atoms with van der Waals surface area (Å²) in [6, 6.07) is -1.56. The Morgan fingerprint density at radius 2 is 1.83 bits per heavy atom. The maximum Gasteiger partial charge on any atom is 0.410 e. The molecule has 2 amide bonds. The van der Waals surface area contributed by atoms with E-state index < -0.39 is 29.7 Å². The fraction of sp³-hybridized carbons (Fsp3) is 0.812. The molecule has 0 aromatic rings. The number of carboxylic acids is 1. The fourth-order valence-electron chi connectivity index (χ4n) is 2.80. The Hall–Kier alpha value is -1.79. The van der Waals surface area contributed by atoms with Crippen molar-refractivity contribution in [3.8, 4) is 0 Å². The first-order valence-corrected chi connectivity index (χ1v) is 7.94. The number of hydrogen-bond donors (Lipinski definition) is 1. The monoisotopic (exact) mass is 328 g/mol. The smallest absolute Gasteiger partial charge is 0.410 e. The molecule has 1 unspecified atom stereocenters. The van der Waals surface area contributed by atoms with Gasteiger partial charge in [-0.1, -0.05) is 13.8 Å². The molecule has 0 spiro atoms. The molecule has 1 fully saturated rings. The minimum absolute atomic E-state index is 0.157. The predicted molar refractivity (Wildman–Crippen MR) is 85.0 cm³/mol. The van der Waals surface area contributed by atoms with Crippen molar-refractivity contribution in [3.05, 3.63) is 0 Å². The summed E-state index contributed by atoms with van der Waals surface area (Å²) in [5, 5.41) is 9.25. The quantitative estimate of drug-likeness (QED) is 0.852. The van der Waals surface area contributed by atoms with E-state index >= 15 is 0 Å². The Balaban J connectivity index is 2.95. The van der Waals surface area contributed by atoms with E-state index in [0.29, 0.717) is 19.4 Å². The Morgan fingerprint density at radius 3 is 2.26 bits per heavy atom. The van der Waals surface area contributed by atoms with E-state index in [-0.39, 0.29) is 11.8 Å². The van der Waals surface area contributed by atoms with Crippen molar-refractivity contribution in [3.63, 3.8) is 0 Å². The van der Waals surface area contributed by atoms with Crippen molar-refractivity contribution in [2.45, 2.75) is 65.1 Å². The number of amides is 2. The first kappa shape index (κ1) is 19.3. The lowest BCUT2D eigenvalue weighted by Crippen LogP contribution is -2.54. The zero-order valence-corrected chi connectivity index (χ0v) is 14.8. The van der Waals surface area contributed by atoms with Crippen LogP contribution in [0, 0.1) is 5.92 Å². The molecule has 0 aromatic carbocycles. The number of ether oxygens (including phenoxy) is 1. The molecule has 1 heterocycles. The van der Waals surface area contributed by atoms with Crippen LogP contribution in [0.4, 0.5) is 4.79 Å². The molecule has 0 saturated carbocycles. The van der Waals surface area contributed by atoms with Crippen LogP contribution in [-0.2, 0) is 14.3 Å². The van der Waals surface area contributed by atoms with Crippen LogP contribution >= 0.6 is 0 Å². The minimum atomic E-state index is -1.00. The van der Waals surface area contributed by atoms with Crippen molar-refractivity contribution in [1.82, 2.24) is 9.80 Å². The van der Waals surface area contributed by atoms with E-state index in [0.717, 1.165) is 0 Å². The maximum absolute atomic E-state index is 12.8. The first-order valence-electron chi connectivity index (χ1n) is 7.94. The zero-order valence-electron chi connectivity index (χ0n) is 14.8. The van der Waals surface area contributed by atoms with E-state index in [2.05, 4.69) is 0 Å². The molecule has 1 aliphatic heterocycles. The second-order valence-corrected chi connectivity index (χ2v) is 7.31. The predicted octanol–water partition coefficient (Wildman–Crippen LogP) is 1.95. The number of aliphatic carboxylic acids is 1. The summed E-state index contributed by atoms with van der Waals surface area (Å²) in [4.78, 5) is 39.0. The second kappa shape index (κ2) is 7.19. The van der Waals surface area contributed by atoms with E-state index in [9.17, 15) is 19.5 Å². The first-order chi connectivity index (χ1) is 10.5. The molecule has 23 heavy (non-hydrogen) atoms. The Labute approximate surface area is 137 Å². The van der Waals surface area contributed by atoms with Gasteiger partial charge in [-0.25, -0.2) is 9.59 Å². The molecular formula is C16H28N2O5. The van der Waals surface area contributed by atoms with Crippen LogP contribution in [0.5, 0.6) is 0 Å². The van der Waals surface area contributed by atoms with Crippen LogP contribution in [-0.4, -0.2) is 64.2 Å². The van der Waals surface area contributed by atoms with E-state index in [1.54, 1.807) is 20.8 Å². The SMILES string of the molecule is CC(C)C(C(=O)N1CCC[C@H]1C(=O)O)N(C)C(=O)OC(C)(C)C. The highest BCUT2D eigenvalue weighted by molar-refractivity contribution is 5.90. The lowest BCUT2D eigenvalue weighted by atomic mass is 10.0. The van der Waals surface area contributed by atoms with Crippen LogP contribution in [0.25, 0.3) is 0 Å². The number of hydrogen-bond acceptors (Lipinski definition) is 4. The number of carbonyl (C=O) groups excluding carboxylic acids is 2. The average Bonchev–Trinajstić information content (AvgIpc) is 2.85. The van der Waals surface area contributed by atoms with Gasteiger partial charge >= 0.3 is 12.1 Å².